The lowest BCUT2D eigenvalue weighted by molar-refractivity contribution is 0.240. The molecule has 0 amide bonds. The van der Waals surface area contributed by atoms with E-state index < -0.39 is 16.1 Å². The summed E-state index contributed by atoms with van der Waals surface area (Å²) in [5, 5.41) is 9.34. The van der Waals surface area contributed by atoms with Crippen molar-refractivity contribution in [3.63, 3.8) is 0 Å². The van der Waals surface area contributed by atoms with Gasteiger partial charge in [-0.2, -0.15) is 0 Å². The molecule has 0 fully saturated rings. The molecule has 0 saturated carbocycles. The minimum Gasteiger partial charge on any atom is -0.395 e. The van der Waals surface area contributed by atoms with Gasteiger partial charge >= 0.3 is 0 Å². The maximum absolute atomic E-state index is 12.5. The minimum absolute atomic E-state index is 0.193. The Labute approximate surface area is 122 Å². The Morgan fingerprint density at radius 2 is 1.65 bits per heavy atom. The molecule has 1 aromatic carbocycles. The molecule has 0 aliphatic carbocycles. The number of sulfonamides is 1. The number of hydrogen-bond acceptors (Lipinski definition) is 3. The largest absolute Gasteiger partial charge is 0.395 e. The fraction of sp³-hybridized carbons (Fsp3) is 0.600. The van der Waals surface area contributed by atoms with E-state index in [1.807, 2.05) is 32.9 Å². The number of aryl methyl sites for hydroxylation is 3. The average Bonchev–Trinajstić information content (AvgIpc) is 2.24. The van der Waals surface area contributed by atoms with Crippen LogP contribution in [0, 0.1) is 26.7 Å². The zero-order valence-corrected chi connectivity index (χ0v) is 13.7. The molecule has 2 N–H and O–H groups in total. The summed E-state index contributed by atoms with van der Waals surface area (Å²) >= 11 is 0. The van der Waals surface area contributed by atoms with Crippen molar-refractivity contribution in [2.45, 2.75) is 52.0 Å². The van der Waals surface area contributed by atoms with Crippen LogP contribution in [0.2, 0.25) is 0 Å². The second-order valence-corrected chi connectivity index (χ2v) is 7.51. The van der Waals surface area contributed by atoms with Crippen LogP contribution in [0.3, 0.4) is 0 Å². The Morgan fingerprint density at radius 1 is 1.15 bits per heavy atom. The molecule has 1 atom stereocenters. The van der Waals surface area contributed by atoms with Crippen molar-refractivity contribution >= 4 is 10.0 Å². The van der Waals surface area contributed by atoms with Gasteiger partial charge in [0.25, 0.3) is 0 Å². The standard InChI is InChI=1S/C15H25NO3S/c1-10(2)6-14(9-17)16-20(18,19)15-12(4)7-11(3)8-13(15)5/h7-8,10,14,16-17H,6,9H2,1-5H3. The first-order chi connectivity index (χ1) is 9.17. The van der Waals surface area contributed by atoms with E-state index >= 15 is 0 Å². The van der Waals surface area contributed by atoms with Crippen LogP contribution < -0.4 is 4.72 Å². The molecule has 0 aromatic heterocycles. The highest BCUT2D eigenvalue weighted by Crippen LogP contribution is 2.22. The van der Waals surface area contributed by atoms with Gasteiger partial charge in [0.1, 0.15) is 0 Å². The summed E-state index contributed by atoms with van der Waals surface area (Å²) < 4.78 is 27.6. The van der Waals surface area contributed by atoms with Crippen LogP contribution in [0.15, 0.2) is 17.0 Å². The van der Waals surface area contributed by atoms with E-state index in [4.69, 9.17) is 0 Å². The number of benzene rings is 1. The van der Waals surface area contributed by atoms with Crippen LogP contribution >= 0.6 is 0 Å². The van der Waals surface area contributed by atoms with Crippen LogP contribution in [0.25, 0.3) is 0 Å². The average molecular weight is 299 g/mol. The van der Waals surface area contributed by atoms with Crippen molar-refractivity contribution in [2.24, 2.45) is 5.92 Å². The van der Waals surface area contributed by atoms with E-state index in [-0.39, 0.29) is 6.61 Å². The Bertz CT molecular complexity index is 541. The second-order valence-electron chi connectivity index (χ2n) is 5.86. The quantitative estimate of drug-likeness (QED) is 0.847. The first-order valence-corrected chi connectivity index (χ1v) is 8.36. The number of aliphatic hydroxyl groups excluding tert-OH is 1. The number of hydrogen-bond donors (Lipinski definition) is 2. The van der Waals surface area contributed by atoms with E-state index in [1.165, 1.54) is 0 Å². The Balaban J connectivity index is 3.11. The van der Waals surface area contributed by atoms with E-state index in [9.17, 15) is 13.5 Å². The van der Waals surface area contributed by atoms with Gasteiger partial charge in [-0.3, -0.25) is 0 Å². The molecule has 1 unspecified atom stereocenters. The van der Waals surface area contributed by atoms with Crippen LogP contribution in [-0.2, 0) is 10.0 Å². The third kappa shape index (κ3) is 4.30. The highest BCUT2D eigenvalue weighted by atomic mass is 32.2. The summed E-state index contributed by atoms with van der Waals surface area (Å²) in [4.78, 5) is 0.324. The summed E-state index contributed by atoms with van der Waals surface area (Å²) in [6, 6.07) is 3.27. The summed E-state index contributed by atoms with van der Waals surface area (Å²) in [5.41, 5.74) is 2.51. The van der Waals surface area contributed by atoms with E-state index in [0.29, 0.717) is 17.2 Å². The van der Waals surface area contributed by atoms with Gasteiger partial charge in [0.15, 0.2) is 0 Å². The van der Waals surface area contributed by atoms with E-state index in [1.54, 1.807) is 13.8 Å². The molecule has 0 heterocycles. The summed E-state index contributed by atoms with van der Waals surface area (Å²) in [6.07, 6.45) is 0.611. The third-order valence-corrected chi connectivity index (χ3v) is 5.00. The second kappa shape index (κ2) is 6.70. The van der Waals surface area contributed by atoms with Crippen molar-refractivity contribution in [1.82, 2.24) is 4.72 Å². The normalized spacial score (nSPS) is 13.8. The fourth-order valence-electron chi connectivity index (χ4n) is 2.60. The highest BCUT2D eigenvalue weighted by molar-refractivity contribution is 7.89. The van der Waals surface area contributed by atoms with Gasteiger partial charge in [0.05, 0.1) is 11.5 Å². The molecular weight excluding hydrogens is 274 g/mol. The first kappa shape index (κ1) is 17.1. The maximum atomic E-state index is 12.5. The lowest BCUT2D eigenvalue weighted by Gasteiger charge is -2.20. The summed E-state index contributed by atoms with van der Waals surface area (Å²) in [5.74, 6) is 0.315. The van der Waals surface area contributed by atoms with Crippen LogP contribution in [0.5, 0.6) is 0 Å². The molecule has 0 radical (unpaired) electrons. The predicted molar refractivity (Wildman–Crippen MR) is 81.3 cm³/mol. The molecule has 0 aliphatic heterocycles. The molecule has 5 heteroatoms. The predicted octanol–water partition coefficient (Wildman–Crippen LogP) is 2.30. The molecule has 0 spiro atoms. The van der Waals surface area contributed by atoms with Gasteiger partial charge < -0.3 is 5.11 Å². The Kier molecular flexibility index (Phi) is 5.74. The van der Waals surface area contributed by atoms with Crippen LogP contribution in [-0.4, -0.2) is 26.2 Å². The van der Waals surface area contributed by atoms with Gasteiger partial charge in [0.2, 0.25) is 10.0 Å². The molecule has 0 saturated heterocycles. The lowest BCUT2D eigenvalue weighted by Crippen LogP contribution is -2.38. The molecule has 0 bridgehead atoms. The van der Waals surface area contributed by atoms with Crippen molar-refractivity contribution in [3.8, 4) is 0 Å². The van der Waals surface area contributed by atoms with Gasteiger partial charge in [-0.05, 0) is 44.2 Å². The first-order valence-electron chi connectivity index (χ1n) is 6.88. The Morgan fingerprint density at radius 3 is 2.05 bits per heavy atom. The Hall–Kier alpha value is -0.910. The topological polar surface area (TPSA) is 66.4 Å². The molecular formula is C15H25NO3S. The zero-order valence-electron chi connectivity index (χ0n) is 12.9. The molecule has 20 heavy (non-hydrogen) atoms. The van der Waals surface area contributed by atoms with Crippen molar-refractivity contribution in [3.05, 3.63) is 28.8 Å². The maximum Gasteiger partial charge on any atom is 0.241 e. The van der Waals surface area contributed by atoms with Crippen molar-refractivity contribution in [2.75, 3.05) is 6.61 Å². The van der Waals surface area contributed by atoms with E-state index in [2.05, 4.69) is 4.72 Å². The zero-order chi connectivity index (χ0) is 15.5. The third-order valence-electron chi connectivity index (χ3n) is 3.17. The molecule has 4 nitrogen and oxygen atoms in total. The molecule has 1 rings (SSSR count). The van der Waals surface area contributed by atoms with Gasteiger partial charge in [-0.1, -0.05) is 31.5 Å². The fourth-order valence-corrected chi connectivity index (χ4v) is 4.29. The van der Waals surface area contributed by atoms with Gasteiger partial charge in [-0.15, -0.1) is 0 Å². The van der Waals surface area contributed by atoms with Gasteiger partial charge in [0, 0.05) is 6.04 Å². The summed E-state index contributed by atoms with van der Waals surface area (Å²) in [7, 11) is -3.61. The smallest absolute Gasteiger partial charge is 0.241 e. The highest BCUT2D eigenvalue weighted by Gasteiger charge is 2.23. The summed E-state index contributed by atoms with van der Waals surface area (Å²) in [6.45, 7) is 9.34. The van der Waals surface area contributed by atoms with Crippen LogP contribution in [0.4, 0.5) is 0 Å². The SMILES string of the molecule is Cc1cc(C)c(S(=O)(=O)NC(CO)CC(C)C)c(C)c1. The van der Waals surface area contributed by atoms with E-state index in [0.717, 1.165) is 16.7 Å². The van der Waals surface area contributed by atoms with Gasteiger partial charge in [-0.25, -0.2) is 13.1 Å². The minimum atomic E-state index is -3.61. The number of aliphatic hydroxyl groups is 1. The van der Waals surface area contributed by atoms with Crippen LogP contribution in [0.1, 0.15) is 37.0 Å². The molecule has 114 valence electrons. The van der Waals surface area contributed by atoms with Crippen molar-refractivity contribution < 1.29 is 13.5 Å². The monoisotopic (exact) mass is 299 g/mol. The molecule has 0 aliphatic rings. The number of nitrogens with one attached hydrogen (secondary N) is 1. The van der Waals surface area contributed by atoms with Crippen molar-refractivity contribution in [1.29, 1.82) is 0 Å². The number of rotatable bonds is 6. The molecule has 1 aromatic rings. The lowest BCUT2D eigenvalue weighted by atomic mass is 10.1.